The van der Waals surface area contributed by atoms with Crippen LogP contribution in [0.3, 0.4) is 0 Å². The van der Waals surface area contributed by atoms with E-state index in [1.165, 1.54) is 6.20 Å². The van der Waals surface area contributed by atoms with Crippen molar-refractivity contribution < 1.29 is 4.79 Å². The predicted molar refractivity (Wildman–Crippen MR) is 77.7 cm³/mol. The van der Waals surface area contributed by atoms with Crippen molar-refractivity contribution in [3.05, 3.63) is 28.0 Å². The number of carbonyl (C=O) groups excluding carboxylic acids is 1. The fraction of sp³-hybridized carbons (Fsp3) is 0.571. The third-order valence-electron chi connectivity index (χ3n) is 3.82. The average Bonchev–Trinajstić information content (AvgIpc) is 2.41. The van der Waals surface area contributed by atoms with Gasteiger partial charge in [-0.05, 0) is 30.7 Å². The summed E-state index contributed by atoms with van der Waals surface area (Å²) in [5.41, 5.74) is 0.449. The molecule has 0 spiro atoms. The summed E-state index contributed by atoms with van der Waals surface area (Å²) in [6.45, 7) is 6.05. The molecule has 0 saturated carbocycles. The fourth-order valence-corrected chi connectivity index (χ4v) is 2.86. The Morgan fingerprint density at radius 2 is 2.00 bits per heavy atom. The van der Waals surface area contributed by atoms with Crippen LogP contribution in [0.2, 0.25) is 10.2 Å². The number of carbonyl (C=O) groups is 1. The van der Waals surface area contributed by atoms with Gasteiger partial charge in [-0.3, -0.25) is 4.79 Å². The molecule has 0 N–H and O–H groups in total. The summed E-state index contributed by atoms with van der Waals surface area (Å²) < 4.78 is 0. The van der Waals surface area contributed by atoms with Crippen LogP contribution in [0.4, 0.5) is 0 Å². The van der Waals surface area contributed by atoms with E-state index in [1.807, 2.05) is 4.90 Å². The summed E-state index contributed by atoms with van der Waals surface area (Å²) in [4.78, 5) is 18.1. The lowest BCUT2D eigenvalue weighted by atomic mass is 9.86. The van der Waals surface area contributed by atoms with Crippen molar-refractivity contribution in [2.75, 3.05) is 13.1 Å². The summed E-state index contributed by atoms with van der Waals surface area (Å²) in [5.74, 6) is 1.34. The molecule has 0 aliphatic carbocycles. The van der Waals surface area contributed by atoms with Gasteiger partial charge in [-0.15, -0.1) is 0 Å². The quantitative estimate of drug-likeness (QED) is 0.776. The molecular weight excluding hydrogens is 283 g/mol. The molecule has 1 fully saturated rings. The zero-order valence-corrected chi connectivity index (χ0v) is 12.7. The number of piperidine rings is 1. The second-order valence-electron chi connectivity index (χ2n) is 5.36. The number of halogens is 2. The molecule has 0 unspecified atom stereocenters. The van der Waals surface area contributed by atoms with E-state index < -0.39 is 0 Å². The highest BCUT2D eigenvalue weighted by molar-refractivity contribution is 6.35. The molecule has 0 aromatic carbocycles. The molecule has 1 aliphatic rings. The first-order chi connectivity index (χ1) is 8.99. The number of amides is 1. The molecule has 1 aromatic heterocycles. The van der Waals surface area contributed by atoms with Gasteiger partial charge in [-0.2, -0.15) is 0 Å². The van der Waals surface area contributed by atoms with Gasteiger partial charge in [0.1, 0.15) is 5.15 Å². The minimum Gasteiger partial charge on any atom is -0.339 e. The third kappa shape index (κ3) is 3.40. The van der Waals surface area contributed by atoms with Crippen LogP contribution >= 0.6 is 23.2 Å². The molecule has 2 rings (SSSR count). The van der Waals surface area contributed by atoms with E-state index in [-0.39, 0.29) is 5.91 Å². The number of nitrogens with zero attached hydrogens (tertiary/aromatic N) is 2. The Labute approximate surface area is 123 Å². The fourth-order valence-electron chi connectivity index (χ4n) is 2.52. The molecule has 0 radical (unpaired) electrons. The van der Waals surface area contributed by atoms with Crippen molar-refractivity contribution in [1.82, 2.24) is 9.88 Å². The van der Waals surface area contributed by atoms with Gasteiger partial charge in [0.15, 0.2) is 0 Å². The first-order valence-electron chi connectivity index (χ1n) is 6.59. The van der Waals surface area contributed by atoms with Crippen LogP contribution in [0.25, 0.3) is 0 Å². The van der Waals surface area contributed by atoms with Crippen molar-refractivity contribution >= 4 is 29.1 Å². The predicted octanol–water partition coefficient (Wildman–Crippen LogP) is 3.90. The van der Waals surface area contributed by atoms with Crippen molar-refractivity contribution in [1.29, 1.82) is 0 Å². The van der Waals surface area contributed by atoms with E-state index in [2.05, 4.69) is 18.8 Å². The lowest BCUT2D eigenvalue weighted by Crippen LogP contribution is -2.39. The Hall–Kier alpha value is -0.800. The first kappa shape index (κ1) is 14.6. The Kier molecular flexibility index (Phi) is 4.69. The Morgan fingerprint density at radius 1 is 1.37 bits per heavy atom. The molecule has 0 bridgehead atoms. The standard InChI is InChI=1S/C14H18Cl2N2O/c1-9(2)10-3-5-18(6-4-10)14(19)11-7-13(16)17-8-12(11)15/h7-10H,3-6H2,1-2H3. The minimum absolute atomic E-state index is 0.0449. The molecule has 5 heteroatoms. The number of pyridine rings is 1. The largest absolute Gasteiger partial charge is 0.339 e. The van der Waals surface area contributed by atoms with Crippen molar-refractivity contribution in [3.8, 4) is 0 Å². The monoisotopic (exact) mass is 300 g/mol. The number of likely N-dealkylation sites (tertiary alicyclic amines) is 1. The summed E-state index contributed by atoms with van der Waals surface area (Å²) in [5, 5.41) is 0.658. The van der Waals surface area contributed by atoms with Crippen molar-refractivity contribution in [2.45, 2.75) is 26.7 Å². The Bertz CT molecular complexity index is 469. The molecule has 1 aromatic rings. The highest BCUT2D eigenvalue weighted by Gasteiger charge is 2.26. The summed E-state index contributed by atoms with van der Waals surface area (Å²) in [6, 6.07) is 1.54. The number of rotatable bonds is 2. The second kappa shape index (κ2) is 6.10. The average molecular weight is 301 g/mol. The van der Waals surface area contributed by atoms with Crippen molar-refractivity contribution in [2.24, 2.45) is 11.8 Å². The second-order valence-corrected chi connectivity index (χ2v) is 6.15. The van der Waals surface area contributed by atoms with E-state index in [4.69, 9.17) is 23.2 Å². The third-order valence-corrected chi connectivity index (χ3v) is 4.33. The number of aromatic nitrogens is 1. The maximum absolute atomic E-state index is 12.4. The maximum Gasteiger partial charge on any atom is 0.255 e. The van der Waals surface area contributed by atoms with E-state index in [1.54, 1.807) is 6.07 Å². The zero-order chi connectivity index (χ0) is 14.0. The van der Waals surface area contributed by atoms with E-state index in [0.29, 0.717) is 27.6 Å². The van der Waals surface area contributed by atoms with Crippen LogP contribution in [-0.4, -0.2) is 28.9 Å². The molecule has 0 atom stereocenters. The van der Waals surface area contributed by atoms with Gasteiger partial charge in [0.05, 0.1) is 10.6 Å². The van der Waals surface area contributed by atoms with Gasteiger partial charge < -0.3 is 4.90 Å². The van der Waals surface area contributed by atoms with Crippen LogP contribution in [0, 0.1) is 11.8 Å². The van der Waals surface area contributed by atoms with Gasteiger partial charge in [0.25, 0.3) is 5.91 Å². The van der Waals surface area contributed by atoms with E-state index >= 15 is 0 Å². The highest BCUT2D eigenvalue weighted by atomic mass is 35.5. The molecule has 19 heavy (non-hydrogen) atoms. The summed E-state index contributed by atoms with van der Waals surface area (Å²) in [6.07, 6.45) is 3.54. The van der Waals surface area contributed by atoms with Crippen LogP contribution in [-0.2, 0) is 0 Å². The van der Waals surface area contributed by atoms with Crippen LogP contribution < -0.4 is 0 Å². The van der Waals surface area contributed by atoms with E-state index in [9.17, 15) is 4.79 Å². The number of hydrogen-bond donors (Lipinski definition) is 0. The van der Waals surface area contributed by atoms with Crippen LogP contribution in [0.15, 0.2) is 12.3 Å². The maximum atomic E-state index is 12.4. The van der Waals surface area contributed by atoms with Crippen molar-refractivity contribution in [3.63, 3.8) is 0 Å². The molecule has 2 heterocycles. The van der Waals surface area contributed by atoms with Gasteiger partial charge >= 0.3 is 0 Å². The molecule has 1 aliphatic heterocycles. The molecule has 1 amide bonds. The molecular formula is C14H18Cl2N2O. The van der Waals surface area contributed by atoms with Crippen LogP contribution in [0.5, 0.6) is 0 Å². The lowest BCUT2D eigenvalue weighted by Gasteiger charge is -2.34. The summed E-state index contributed by atoms with van der Waals surface area (Å²) >= 11 is 11.8. The molecule has 1 saturated heterocycles. The van der Waals surface area contributed by atoms with Gasteiger partial charge in [-0.1, -0.05) is 37.0 Å². The number of hydrogen-bond acceptors (Lipinski definition) is 2. The molecule has 104 valence electrons. The normalized spacial score (nSPS) is 17.0. The minimum atomic E-state index is -0.0449. The van der Waals surface area contributed by atoms with Gasteiger partial charge in [-0.25, -0.2) is 4.98 Å². The smallest absolute Gasteiger partial charge is 0.255 e. The first-order valence-corrected chi connectivity index (χ1v) is 7.35. The zero-order valence-electron chi connectivity index (χ0n) is 11.2. The highest BCUT2D eigenvalue weighted by Crippen LogP contribution is 2.27. The lowest BCUT2D eigenvalue weighted by molar-refractivity contribution is 0.0668. The topological polar surface area (TPSA) is 33.2 Å². The summed E-state index contributed by atoms with van der Waals surface area (Å²) in [7, 11) is 0. The molecule has 3 nitrogen and oxygen atoms in total. The van der Waals surface area contributed by atoms with Crippen LogP contribution in [0.1, 0.15) is 37.0 Å². The van der Waals surface area contributed by atoms with E-state index in [0.717, 1.165) is 25.9 Å². The van der Waals surface area contributed by atoms with Gasteiger partial charge in [0.2, 0.25) is 0 Å². The van der Waals surface area contributed by atoms with Gasteiger partial charge in [0, 0.05) is 19.3 Å². The Balaban J connectivity index is 2.07. The SMILES string of the molecule is CC(C)C1CCN(C(=O)c2cc(Cl)ncc2Cl)CC1. The Morgan fingerprint density at radius 3 is 2.58 bits per heavy atom.